The van der Waals surface area contributed by atoms with Crippen molar-refractivity contribution in [2.45, 2.75) is 18.9 Å². The number of rotatable bonds is 1. The van der Waals surface area contributed by atoms with Crippen molar-refractivity contribution in [3.8, 4) is 0 Å². The van der Waals surface area contributed by atoms with E-state index in [9.17, 15) is 9.59 Å². The second-order valence-corrected chi connectivity index (χ2v) is 4.60. The van der Waals surface area contributed by atoms with Crippen molar-refractivity contribution >= 4 is 17.5 Å². The lowest BCUT2D eigenvalue weighted by molar-refractivity contribution is -0.120. The summed E-state index contributed by atoms with van der Waals surface area (Å²) in [6.45, 7) is 1.14. The zero-order valence-corrected chi connectivity index (χ0v) is 9.98. The van der Waals surface area contributed by atoms with E-state index in [0.717, 1.165) is 19.4 Å². The van der Waals surface area contributed by atoms with Crippen molar-refractivity contribution in [3.63, 3.8) is 0 Å². The first kappa shape index (κ1) is 11.2. The van der Waals surface area contributed by atoms with Crippen LogP contribution >= 0.6 is 0 Å². The van der Waals surface area contributed by atoms with Gasteiger partial charge in [-0.3, -0.25) is 14.5 Å². The Morgan fingerprint density at radius 1 is 1.33 bits per heavy atom. The van der Waals surface area contributed by atoms with Gasteiger partial charge in [-0.15, -0.1) is 0 Å². The Hall–Kier alpha value is -1.88. The van der Waals surface area contributed by atoms with E-state index in [-0.39, 0.29) is 24.5 Å². The number of carbonyl (C=O) groups is 2. The molecular weight excluding hydrogens is 230 g/mol. The number of amides is 2. The molecular formula is C13H15N3O2. The fourth-order valence-corrected chi connectivity index (χ4v) is 2.51. The van der Waals surface area contributed by atoms with Crippen LogP contribution in [-0.2, 0) is 4.79 Å². The predicted octanol–water partition coefficient (Wildman–Crippen LogP) is 0.472. The average Bonchev–Trinajstić information content (AvgIpc) is 2.93. The summed E-state index contributed by atoms with van der Waals surface area (Å²) in [6, 6.07) is 7.10. The van der Waals surface area contributed by atoms with Crippen LogP contribution in [0.5, 0.6) is 0 Å². The third-order valence-electron chi connectivity index (χ3n) is 3.46. The standard InChI is InChI=1S/C13H15N3O2/c17-12-9-4-1-2-6-11(9)16(8-15-12)13(18)10-5-3-7-14-10/h1-2,4,6,10,14H,3,5,7-8H2,(H,15,17). The average molecular weight is 245 g/mol. The second kappa shape index (κ2) is 4.42. The molecule has 0 aromatic heterocycles. The summed E-state index contributed by atoms with van der Waals surface area (Å²) >= 11 is 0. The third-order valence-corrected chi connectivity index (χ3v) is 3.46. The summed E-state index contributed by atoms with van der Waals surface area (Å²) in [7, 11) is 0. The molecule has 2 amide bonds. The summed E-state index contributed by atoms with van der Waals surface area (Å²) in [5.41, 5.74) is 1.27. The molecule has 5 heteroatoms. The molecule has 3 rings (SSSR count). The highest BCUT2D eigenvalue weighted by Crippen LogP contribution is 2.24. The molecule has 5 nitrogen and oxygen atoms in total. The van der Waals surface area contributed by atoms with Crippen molar-refractivity contribution < 1.29 is 9.59 Å². The first-order valence-corrected chi connectivity index (χ1v) is 6.19. The number of hydrogen-bond acceptors (Lipinski definition) is 3. The number of anilines is 1. The number of benzene rings is 1. The van der Waals surface area contributed by atoms with Gasteiger partial charge in [0.15, 0.2) is 0 Å². The maximum atomic E-state index is 12.4. The summed E-state index contributed by atoms with van der Waals surface area (Å²) in [6.07, 6.45) is 1.89. The lowest BCUT2D eigenvalue weighted by atomic mass is 10.1. The molecule has 0 spiro atoms. The van der Waals surface area contributed by atoms with Crippen LogP contribution in [-0.4, -0.2) is 31.1 Å². The molecule has 1 unspecified atom stereocenters. The Morgan fingerprint density at radius 3 is 2.94 bits per heavy atom. The minimum atomic E-state index is -0.118. The molecule has 94 valence electrons. The van der Waals surface area contributed by atoms with Crippen LogP contribution < -0.4 is 15.5 Å². The van der Waals surface area contributed by atoms with Crippen molar-refractivity contribution in [2.75, 3.05) is 18.1 Å². The van der Waals surface area contributed by atoms with Crippen LogP contribution in [0.2, 0.25) is 0 Å². The van der Waals surface area contributed by atoms with Gasteiger partial charge < -0.3 is 10.6 Å². The van der Waals surface area contributed by atoms with Crippen LogP contribution in [0.3, 0.4) is 0 Å². The van der Waals surface area contributed by atoms with E-state index in [1.54, 1.807) is 17.0 Å². The first-order valence-electron chi connectivity index (χ1n) is 6.19. The quantitative estimate of drug-likeness (QED) is 0.756. The van der Waals surface area contributed by atoms with E-state index in [4.69, 9.17) is 0 Å². The van der Waals surface area contributed by atoms with E-state index >= 15 is 0 Å². The molecule has 1 aromatic rings. The fourth-order valence-electron chi connectivity index (χ4n) is 2.51. The maximum Gasteiger partial charge on any atom is 0.254 e. The molecule has 0 bridgehead atoms. The van der Waals surface area contributed by atoms with E-state index < -0.39 is 0 Å². The van der Waals surface area contributed by atoms with Gasteiger partial charge in [0, 0.05) is 0 Å². The molecule has 2 heterocycles. The monoisotopic (exact) mass is 245 g/mol. The summed E-state index contributed by atoms with van der Waals surface area (Å²) in [5, 5.41) is 5.92. The van der Waals surface area contributed by atoms with Gasteiger partial charge in [0.25, 0.3) is 5.91 Å². The van der Waals surface area contributed by atoms with Gasteiger partial charge in [-0.2, -0.15) is 0 Å². The lowest BCUT2D eigenvalue weighted by Gasteiger charge is -2.31. The summed E-state index contributed by atoms with van der Waals surface area (Å²) in [5.74, 6) is -0.0750. The smallest absolute Gasteiger partial charge is 0.254 e. The van der Waals surface area contributed by atoms with E-state index in [1.807, 2.05) is 12.1 Å². The highest BCUT2D eigenvalue weighted by molar-refractivity contribution is 6.08. The molecule has 2 aliphatic heterocycles. The Bertz CT molecular complexity index is 495. The van der Waals surface area contributed by atoms with Crippen LogP contribution in [0.25, 0.3) is 0 Å². The van der Waals surface area contributed by atoms with Gasteiger partial charge in [-0.1, -0.05) is 12.1 Å². The number of hydrogen-bond donors (Lipinski definition) is 2. The van der Waals surface area contributed by atoms with Gasteiger partial charge >= 0.3 is 0 Å². The molecule has 18 heavy (non-hydrogen) atoms. The largest absolute Gasteiger partial charge is 0.334 e. The van der Waals surface area contributed by atoms with E-state index in [0.29, 0.717) is 11.3 Å². The van der Waals surface area contributed by atoms with Gasteiger partial charge in [0.1, 0.15) is 0 Å². The van der Waals surface area contributed by atoms with Gasteiger partial charge in [-0.25, -0.2) is 0 Å². The molecule has 1 atom stereocenters. The molecule has 1 saturated heterocycles. The summed E-state index contributed by atoms with van der Waals surface area (Å²) < 4.78 is 0. The predicted molar refractivity (Wildman–Crippen MR) is 67.3 cm³/mol. The van der Waals surface area contributed by atoms with Crippen LogP contribution in [0, 0.1) is 0 Å². The number of carbonyl (C=O) groups excluding carboxylic acids is 2. The number of nitrogens with zero attached hydrogens (tertiary/aromatic N) is 1. The fraction of sp³-hybridized carbons (Fsp3) is 0.385. The van der Waals surface area contributed by atoms with Crippen molar-refractivity contribution in [3.05, 3.63) is 29.8 Å². The van der Waals surface area contributed by atoms with Gasteiger partial charge in [-0.05, 0) is 31.5 Å². The zero-order valence-electron chi connectivity index (χ0n) is 9.98. The topological polar surface area (TPSA) is 61.4 Å². The normalized spacial score (nSPS) is 22.6. The molecule has 2 aliphatic rings. The van der Waals surface area contributed by atoms with E-state index in [1.165, 1.54) is 0 Å². The minimum absolute atomic E-state index is 0.0416. The van der Waals surface area contributed by atoms with Crippen LogP contribution in [0.1, 0.15) is 23.2 Å². The number of fused-ring (bicyclic) bond motifs is 1. The van der Waals surface area contributed by atoms with Crippen molar-refractivity contribution in [2.24, 2.45) is 0 Å². The summed E-state index contributed by atoms with van der Waals surface area (Å²) in [4.78, 5) is 25.7. The molecule has 1 fully saturated rings. The Kier molecular flexibility index (Phi) is 2.76. The van der Waals surface area contributed by atoms with Crippen LogP contribution in [0.4, 0.5) is 5.69 Å². The highest BCUT2D eigenvalue weighted by atomic mass is 16.2. The SMILES string of the molecule is O=C1NCN(C(=O)C2CCCN2)c2ccccc21. The van der Waals surface area contributed by atoms with Crippen molar-refractivity contribution in [1.82, 2.24) is 10.6 Å². The maximum absolute atomic E-state index is 12.4. The van der Waals surface area contributed by atoms with Gasteiger partial charge in [0.2, 0.25) is 5.91 Å². The van der Waals surface area contributed by atoms with Crippen LogP contribution in [0.15, 0.2) is 24.3 Å². The molecule has 2 N–H and O–H groups in total. The minimum Gasteiger partial charge on any atom is -0.334 e. The molecule has 0 saturated carbocycles. The van der Waals surface area contributed by atoms with E-state index in [2.05, 4.69) is 10.6 Å². The third kappa shape index (κ3) is 1.76. The highest BCUT2D eigenvalue weighted by Gasteiger charge is 2.32. The molecule has 1 aromatic carbocycles. The Labute approximate surface area is 105 Å². The molecule has 0 aliphatic carbocycles. The number of nitrogens with one attached hydrogen (secondary N) is 2. The second-order valence-electron chi connectivity index (χ2n) is 4.60. The van der Waals surface area contributed by atoms with Gasteiger partial charge in [0.05, 0.1) is 24.0 Å². The molecule has 0 radical (unpaired) electrons. The zero-order chi connectivity index (χ0) is 12.5. The van der Waals surface area contributed by atoms with Crippen molar-refractivity contribution in [1.29, 1.82) is 0 Å². The lowest BCUT2D eigenvalue weighted by Crippen LogP contribution is -2.51. The Balaban J connectivity index is 1.92. The first-order chi connectivity index (χ1) is 8.77. The Morgan fingerprint density at radius 2 is 2.17 bits per heavy atom. The number of para-hydroxylation sites is 1.